The smallest absolute Gasteiger partial charge is 0.136 e. The molecule has 0 aromatic heterocycles. The predicted octanol–water partition coefficient (Wildman–Crippen LogP) is 5.16. The fraction of sp³-hybridized carbons (Fsp3) is 0.0435. The van der Waals surface area contributed by atoms with Crippen molar-refractivity contribution in [2.75, 3.05) is 0 Å². The third kappa shape index (κ3) is 3.05. The summed E-state index contributed by atoms with van der Waals surface area (Å²) >= 11 is 0. The maximum absolute atomic E-state index is 9.77. The first-order valence-electron chi connectivity index (χ1n) is 8.75. The molecule has 0 radical (unpaired) electrons. The first kappa shape index (κ1) is 17.2. The predicted molar refractivity (Wildman–Crippen MR) is 114 cm³/mol. The SMILES string of the molecule is CC1=NP(c2ccccc2)(c2ccccc2)=NC(c2ccccc2)=C1C#N. The molecule has 0 bridgehead atoms. The second-order valence-corrected chi connectivity index (χ2v) is 8.89. The molecule has 0 spiro atoms. The summed E-state index contributed by atoms with van der Waals surface area (Å²) < 4.78 is 10.3. The van der Waals surface area contributed by atoms with Gasteiger partial charge in [-0.2, -0.15) is 5.26 Å². The van der Waals surface area contributed by atoms with Gasteiger partial charge in [-0.05, 0) is 6.92 Å². The van der Waals surface area contributed by atoms with Crippen molar-refractivity contribution in [2.45, 2.75) is 6.92 Å². The van der Waals surface area contributed by atoms with Gasteiger partial charge in [0.15, 0.2) is 0 Å². The zero-order chi connectivity index (χ0) is 18.7. The Morgan fingerprint density at radius 1 is 0.741 bits per heavy atom. The van der Waals surface area contributed by atoms with Crippen LogP contribution in [0.4, 0.5) is 0 Å². The Bertz CT molecular complexity index is 1080. The molecule has 4 rings (SSSR count). The molecule has 0 saturated heterocycles. The Balaban J connectivity index is 2.11. The van der Waals surface area contributed by atoms with Gasteiger partial charge in [0, 0.05) is 16.2 Å². The largest absolute Gasteiger partial charge is 0.239 e. The normalized spacial score (nSPS) is 15.5. The van der Waals surface area contributed by atoms with Crippen molar-refractivity contribution in [3.05, 3.63) is 102 Å². The van der Waals surface area contributed by atoms with Crippen molar-refractivity contribution in [2.24, 2.45) is 9.51 Å². The molecule has 130 valence electrons. The zero-order valence-electron chi connectivity index (χ0n) is 14.9. The van der Waals surface area contributed by atoms with E-state index in [1.54, 1.807) is 0 Å². The maximum Gasteiger partial charge on any atom is 0.136 e. The minimum atomic E-state index is -2.42. The molecule has 1 aliphatic heterocycles. The molecule has 3 nitrogen and oxygen atoms in total. The molecule has 27 heavy (non-hydrogen) atoms. The van der Waals surface area contributed by atoms with E-state index in [-0.39, 0.29) is 0 Å². The van der Waals surface area contributed by atoms with Gasteiger partial charge in [0.05, 0.1) is 17.0 Å². The van der Waals surface area contributed by atoms with E-state index in [2.05, 4.69) is 30.3 Å². The second kappa shape index (κ2) is 7.19. The number of hydrogen-bond donors (Lipinski definition) is 0. The number of hydrogen-bond acceptors (Lipinski definition) is 3. The van der Waals surface area contributed by atoms with Crippen molar-refractivity contribution >= 4 is 29.2 Å². The van der Waals surface area contributed by atoms with Crippen molar-refractivity contribution < 1.29 is 0 Å². The van der Waals surface area contributed by atoms with Gasteiger partial charge in [0.2, 0.25) is 0 Å². The highest BCUT2D eigenvalue weighted by atomic mass is 31.2. The van der Waals surface area contributed by atoms with Crippen molar-refractivity contribution in [1.29, 1.82) is 5.26 Å². The quantitative estimate of drug-likeness (QED) is 0.590. The first-order valence-corrected chi connectivity index (χ1v) is 10.4. The van der Waals surface area contributed by atoms with Crippen LogP contribution in [0.25, 0.3) is 5.70 Å². The highest BCUT2D eigenvalue weighted by Crippen LogP contribution is 2.54. The van der Waals surface area contributed by atoms with Crippen LogP contribution in [-0.4, -0.2) is 5.71 Å². The van der Waals surface area contributed by atoms with Gasteiger partial charge >= 0.3 is 0 Å². The molecule has 0 aliphatic carbocycles. The monoisotopic (exact) mass is 367 g/mol. The van der Waals surface area contributed by atoms with Crippen molar-refractivity contribution in [3.8, 4) is 6.07 Å². The molecule has 0 saturated carbocycles. The third-order valence-electron chi connectivity index (χ3n) is 4.53. The summed E-state index contributed by atoms with van der Waals surface area (Å²) in [5.74, 6) is 0. The summed E-state index contributed by atoms with van der Waals surface area (Å²) in [6.07, 6.45) is 0. The van der Waals surface area contributed by atoms with Crippen LogP contribution in [-0.2, 0) is 0 Å². The van der Waals surface area contributed by atoms with Crippen LogP contribution in [0, 0.1) is 11.3 Å². The van der Waals surface area contributed by atoms with Crippen LogP contribution in [0.1, 0.15) is 12.5 Å². The Morgan fingerprint density at radius 2 is 1.22 bits per heavy atom. The lowest BCUT2D eigenvalue weighted by atomic mass is 10.1. The van der Waals surface area contributed by atoms with E-state index in [4.69, 9.17) is 9.51 Å². The second-order valence-electron chi connectivity index (χ2n) is 6.26. The fourth-order valence-corrected chi connectivity index (χ4v) is 6.26. The van der Waals surface area contributed by atoms with Crippen LogP contribution in [0.2, 0.25) is 0 Å². The molecule has 4 heteroatoms. The van der Waals surface area contributed by atoms with E-state index in [1.807, 2.05) is 73.7 Å². The molecule has 0 fully saturated rings. The molecular formula is C23H18N3P. The molecule has 0 atom stereocenters. The minimum absolute atomic E-state index is 0.545. The lowest BCUT2D eigenvalue weighted by Crippen LogP contribution is -2.18. The van der Waals surface area contributed by atoms with Gasteiger partial charge in [0.25, 0.3) is 0 Å². The third-order valence-corrected chi connectivity index (χ3v) is 7.64. The zero-order valence-corrected chi connectivity index (χ0v) is 15.8. The average Bonchev–Trinajstić information content (AvgIpc) is 2.75. The first-order chi connectivity index (χ1) is 13.2. The van der Waals surface area contributed by atoms with E-state index in [9.17, 15) is 5.26 Å². The molecular weight excluding hydrogens is 349 g/mol. The Kier molecular flexibility index (Phi) is 4.59. The summed E-state index contributed by atoms with van der Waals surface area (Å²) in [4.78, 5) is 0. The number of nitriles is 1. The number of nitrogens with zero attached hydrogens (tertiary/aromatic N) is 3. The van der Waals surface area contributed by atoms with Gasteiger partial charge in [-0.15, -0.1) is 0 Å². The molecule has 1 heterocycles. The Labute approximate surface area is 159 Å². The summed E-state index contributed by atoms with van der Waals surface area (Å²) in [6.45, 7) is 1.91. The lowest BCUT2D eigenvalue weighted by molar-refractivity contribution is 1.43. The van der Waals surface area contributed by atoms with E-state index >= 15 is 0 Å². The summed E-state index contributed by atoms with van der Waals surface area (Å²) in [5.41, 5.74) is 2.96. The lowest BCUT2D eigenvalue weighted by Gasteiger charge is -2.27. The van der Waals surface area contributed by atoms with Crippen LogP contribution in [0.3, 0.4) is 0 Å². The minimum Gasteiger partial charge on any atom is -0.239 e. The topological polar surface area (TPSA) is 48.5 Å². The Hall–Kier alpha value is -3.21. The average molecular weight is 367 g/mol. The van der Waals surface area contributed by atoms with Gasteiger partial charge < -0.3 is 0 Å². The maximum atomic E-state index is 9.77. The number of benzene rings is 3. The summed E-state index contributed by atoms with van der Waals surface area (Å²) in [7, 11) is -2.42. The van der Waals surface area contributed by atoms with Gasteiger partial charge in [-0.3, -0.25) is 0 Å². The van der Waals surface area contributed by atoms with Gasteiger partial charge in [0.1, 0.15) is 13.3 Å². The van der Waals surface area contributed by atoms with Crippen molar-refractivity contribution in [1.82, 2.24) is 0 Å². The van der Waals surface area contributed by atoms with Crippen LogP contribution in [0.15, 0.2) is 106 Å². The summed E-state index contributed by atoms with van der Waals surface area (Å²) in [6, 6.07) is 32.6. The molecule has 3 aromatic carbocycles. The molecule has 0 unspecified atom stereocenters. The van der Waals surface area contributed by atoms with Gasteiger partial charge in [-0.25, -0.2) is 9.51 Å². The number of rotatable bonds is 3. The number of allylic oxidation sites excluding steroid dienone is 1. The van der Waals surface area contributed by atoms with E-state index in [0.717, 1.165) is 27.6 Å². The van der Waals surface area contributed by atoms with E-state index in [0.29, 0.717) is 5.57 Å². The van der Waals surface area contributed by atoms with Crippen molar-refractivity contribution in [3.63, 3.8) is 0 Å². The summed E-state index contributed by atoms with van der Waals surface area (Å²) in [5, 5.41) is 11.9. The standard InChI is InChI=1S/C23H18N3P/c1-18-22(17-24)23(19-11-5-2-6-12-19)26-27(25-18,20-13-7-3-8-14-20)21-15-9-4-10-16-21/h2-16H,1H3. The van der Waals surface area contributed by atoms with E-state index < -0.39 is 7.21 Å². The molecule has 0 amide bonds. The van der Waals surface area contributed by atoms with Crippen LogP contribution in [0.5, 0.6) is 0 Å². The highest BCUT2D eigenvalue weighted by Gasteiger charge is 2.30. The van der Waals surface area contributed by atoms with Crippen LogP contribution >= 0.6 is 7.21 Å². The van der Waals surface area contributed by atoms with Crippen LogP contribution < -0.4 is 10.6 Å². The molecule has 1 aliphatic rings. The highest BCUT2D eigenvalue weighted by molar-refractivity contribution is 7.80. The fourth-order valence-electron chi connectivity index (χ4n) is 3.24. The van der Waals surface area contributed by atoms with E-state index in [1.165, 1.54) is 0 Å². The Morgan fingerprint density at radius 3 is 1.70 bits per heavy atom. The van der Waals surface area contributed by atoms with Gasteiger partial charge in [-0.1, -0.05) is 91.0 Å². The molecule has 3 aromatic rings. The molecule has 0 N–H and O–H groups in total.